The number of aromatic nitrogens is 2. The van der Waals surface area contributed by atoms with Crippen LogP contribution in [0.25, 0.3) is 0 Å². The fraction of sp³-hybridized carbons (Fsp3) is 0.750. The molecule has 4 nitrogen and oxygen atoms in total. The van der Waals surface area contributed by atoms with E-state index in [1.165, 1.54) is 11.5 Å². The summed E-state index contributed by atoms with van der Waals surface area (Å²) in [5.74, 6) is 0.780. The second-order valence-corrected chi connectivity index (χ2v) is 4.52. The van der Waals surface area contributed by atoms with Crippen molar-refractivity contribution in [3.05, 3.63) is 5.82 Å². The maximum Gasteiger partial charge on any atom is 0.205 e. The molecule has 0 amide bonds. The van der Waals surface area contributed by atoms with Gasteiger partial charge in [0.2, 0.25) is 5.13 Å². The molecular weight excluding hydrogens is 186 g/mol. The average molecular weight is 201 g/mol. The van der Waals surface area contributed by atoms with Gasteiger partial charge in [0.1, 0.15) is 5.82 Å². The van der Waals surface area contributed by atoms with E-state index in [4.69, 9.17) is 0 Å². The normalized spacial score (nSPS) is 11.8. The van der Waals surface area contributed by atoms with Gasteiger partial charge in [-0.3, -0.25) is 0 Å². The lowest BCUT2D eigenvalue weighted by Crippen LogP contribution is -2.36. The molecule has 5 heteroatoms. The van der Waals surface area contributed by atoms with E-state index in [2.05, 4.69) is 9.36 Å². The van der Waals surface area contributed by atoms with E-state index in [9.17, 15) is 5.11 Å². The quantitative estimate of drug-likeness (QED) is 0.794. The molecule has 0 aromatic carbocycles. The third-order valence-corrected chi connectivity index (χ3v) is 2.39. The monoisotopic (exact) mass is 201 g/mol. The van der Waals surface area contributed by atoms with Gasteiger partial charge in [0.25, 0.3) is 0 Å². The fourth-order valence-corrected chi connectivity index (χ4v) is 1.72. The molecule has 1 aromatic heterocycles. The van der Waals surface area contributed by atoms with E-state index in [1.807, 2.05) is 18.9 Å². The van der Waals surface area contributed by atoms with E-state index in [0.29, 0.717) is 6.54 Å². The fourth-order valence-electron chi connectivity index (χ4n) is 1.09. The zero-order valence-corrected chi connectivity index (χ0v) is 9.22. The van der Waals surface area contributed by atoms with E-state index in [0.717, 1.165) is 11.0 Å². The van der Waals surface area contributed by atoms with Crippen molar-refractivity contribution in [2.45, 2.75) is 26.4 Å². The SMILES string of the molecule is Cc1nsc(N(C)CC(C)(C)O)n1. The Balaban J connectivity index is 2.64. The molecule has 1 heterocycles. The Labute approximate surface area is 82.4 Å². The van der Waals surface area contributed by atoms with Crippen LogP contribution in [0.1, 0.15) is 19.7 Å². The molecule has 74 valence electrons. The summed E-state index contributed by atoms with van der Waals surface area (Å²) < 4.78 is 4.07. The van der Waals surface area contributed by atoms with Gasteiger partial charge in [0.05, 0.1) is 5.60 Å². The largest absolute Gasteiger partial charge is 0.389 e. The van der Waals surface area contributed by atoms with Crippen molar-refractivity contribution in [2.24, 2.45) is 0 Å². The van der Waals surface area contributed by atoms with Crippen LogP contribution >= 0.6 is 11.5 Å². The van der Waals surface area contributed by atoms with Crippen molar-refractivity contribution in [3.63, 3.8) is 0 Å². The summed E-state index contributed by atoms with van der Waals surface area (Å²) in [6.45, 7) is 5.97. The molecule has 0 aliphatic heterocycles. The van der Waals surface area contributed by atoms with Crippen LogP contribution in [0.15, 0.2) is 0 Å². The van der Waals surface area contributed by atoms with Gasteiger partial charge in [0.15, 0.2) is 0 Å². The van der Waals surface area contributed by atoms with Crippen LogP contribution in [-0.4, -0.2) is 33.7 Å². The van der Waals surface area contributed by atoms with Crippen LogP contribution in [-0.2, 0) is 0 Å². The first-order valence-corrected chi connectivity index (χ1v) is 4.90. The van der Waals surface area contributed by atoms with Crippen LogP contribution in [0.2, 0.25) is 0 Å². The van der Waals surface area contributed by atoms with Crippen molar-refractivity contribution in [1.82, 2.24) is 9.36 Å². The predicted molar refractivity (Wildman–Crippen MR) is 54.2 cm³/mol. The molecule has 0 atom stereocenters. The van der Waals surface area contributed by atoms with E-state index < -0.39 is 5.60 Å². The molecule has 0 bridgehead atoms. The molecule has 1 aromatic rings. The van der Waals surface area contributed by atoms with Crippen LogP contribution in [0.5, 0.6) is 0 Å². The lowest BCUT2D eigenvalue weighted by Gasteiger charge is -2.24. The molecule has 1 rings (SSSR count). The summed E-state index contributed by atoms with van der Waals surface area (Å²) in [6.07, 6.45) is 0. The molecule has 0 spiro atoms. The topological polar surface area (TPSA) is 49.2 Å². The lowest BCUT2D eigenvalue weighted by molar-refractivity contribution is 0.0886. The zero-order valence-electron chi connectivity index (χ0n) is 8.40. The van der Waals surface area contributed by atoms with Gasteiger partial charge in [-0.1, -0.05) is 0 Å². The van der Waals surface area contributed by atoms with Crippen molar-refractivity contribution in [3.8, 4) is 0 Å². The summed E-state index contributed by atoms with van der Waals surface area (Å²) in [7, 11) is 1.90. The highest BCUT2D eigenvalue weighted by molar-refractivity contribution is 7.09. The number of likely N-dealkylation sites (N-methyl/N-ethyl adjacent to an activating group) is 1. The highest BCUT2D eigenvalue weighted by Crippen LogP contribution is 2.17. The van der Waals surface area contributed by atoms with Crippen LogP contribution < -0.4 is 4.90 Å². The molecule has 13 heavy (non-hydrogen) atoms. The summed E-state index contributed by atoms with van der Waals surface area (Å²) >= 11 is 1.35. The third-order valence-electron chi connectivity index (χ3n) is 1.47. The van der Waals surface area contributed by atoms with E-state index >= 15 is 0 Å². The summed E-state index contributed by atoms with van der Waals surface area (Å²) in [5.41, 5.74) is -0.700. The zero-order chi connectivity index (χ0) is 10.1. The van der Waals surface area contributed by atoms with Crippen molar-refractivity contribution < 1.29 is 5.11 Å². The Morgan fingerprint density at radius 3 is 2.54 bits per heavy atom. The van der Waals surface area contributed by atoms with Crippen molar-refractivity contribution >= 4 is 16.7 Å². The van der Waals surface area contributed by atoms with Gasteiger partial charge in [-0.2, -0.15) is 4.37 Å². The Morgan fingerprint density at radius 2 is 2.15 bits per heavy atom. The summed E-state index contributed by atoms with van der Waals surface area (Å²) in [5, 5.41) is 10.4. The first-order chi connectivity index (χ1) is 5.88. The number of nitrogens with zero attached hydrogens (tertiary/aromatic N) is 3. The van der Waals surface area contributed by atoms with Gasteiger partial charge in [-0.05, 0) is 20.8 Å². The maximum absolute atomic E-state index is 9.57. The number of anilines is 1. The average Bonchev–Trinajstić information content (AvgIpc) is 2.31. The van der Waals surface area contributed by atoms with Gasteiger partial charge in [0, 0.05) is 25.1 Å². The third kappa shape index (κ3) is 3.28. The minimum Gasteiger partial charge on any atom is -0.389 e. The minimum absolute atomic E-state index is 0.557. The maximum atomic E-state index is 9.57. The molecule has 0 fully saturated rings. The number of hydrogen-bond donors (Lipinski definition) is 1. The predicted octanol–water partition coefficient (Wildman–Crippen LogP) is 1.05. The Morgan fingerprint density at radius 1 is 1.54 bits per heavy atom. The van der Waals surface area contributed by atoms with Crippen molar-refractivity contribution in [1.29, 1.82) is 0 Å². The second kappa shape index (κ2) is 3.59. The van der Waals surface area contributed by atoms with Crippen LogP contribution in [0.4, 0.5) is 5.13 Å². The first-order valence-electron chi connectivity index (χ1n) is 4.12. The summed E-state index contributed by atoms with van der Waals surface area (Å²) in [6, 6.07) is 0. The summed E-state index contributed by atoms with van der Waals surface area (Å²) in [4.78, 5) is 6.12. The van der Waals surface area contributed by atoms with Gasteiger partial charge >= 0.3 is 0 Å². The second-order valence-electron chi connectivity index (χ2n) is 3.79. The smallest absolute Gasteiger partial charge is 0.205 e. The van der Waals surface area contributed by atoms with E-state index in [1.54, 1.807) is 13.8 Å². The molecule has 0 aliphatic rings. The molecule has 0 radical (unpaired) electrons. The van der Waals surface area contributed by atoms with Crippen LogP contribution in [0.3, 0.4) is 0 Å². The highest BCUT2D eigenvalue weighted by atomic mass is 32.1. The highest BCUT2D eigenvalue weighted by Gasteiger charge is 2.17. The molecule has 0 unspecified atom stereocenters. The van der Waals surface area contributed by atoms with E-state index in [-0.39, 0.29) is 0 Å². The molecule has 0 saturated heterocycles. The van der Waals surface area contributed by atoms with Gasteiger partial charge in [-0.25, -0.2) is 4.98 Å². The Hall–Kier alpha value is -0.680. The lowest BCUT2D eigenvalue weighted by atomic mass is 10.1. The Kier molecular flexibility index (Phi) is 2.87. The molecular formula is C8H15N3OS. The van der Waals surface area contributed by atoms with Crippen molar-refractivity contribution in [2.75, 3.05) is 18.5 Å². The van der Waals surface area contributed by atoms with Gasteiger partial charge in [-0.15, -0.1) is 0 Å². The minimum atomic E-state index is -0.700. The molecule has 1 N–H and O–H groups in total. The number of aliphatic hydroxyl groups is 1. The number of hydrogen-bond acceptors (Lipinski definition) is 5. The first kappa shape index (κ1) is 10.4. The number of aryl methyl sites for hydroxylation is 1. The molecule has 0 aliphatic carbocycles. The van der Waals surface area contributed by atoms with Crippen LogP contribution in [0, 0.1) is 6.92 Å². The molecule has 0 saturated carbocycles. The number of rotatable bonds is 3. The Bertz CT molecular complexity index is 279. The standard InChI is InChI=1S/C8H15N3OS/c1-6-9-7(13-10-6)11(4)5-8(2,3)12/h12H,5H2,1-4H3. The van der Waals surface area contributed by atoms with Gasteiger partial charge < -0.3 is 10.0 Å².